The smallest absolute Gasteiger partial charge is 0.471 e. The van der Waals surface area contributed by atoms with Crippen molar-refractivity contribution < 1.29 is 22.4 Å². The molecule has 0 unspecified atom stereocenters. The van der Waals surface area contributed by atoms with Gasteiger partial charge in [0.15, 0.2) is 0 Å². The molecule has 0 aliphatic heterocycles. The van der Waals surface area contributed by atoms with Gasteiger partial charge in [-0.15, -0.1) is 5.10 Å². The van der Waals surface area contributed by atoms with Crippen LogP contribution in [0.5, 0.6) is 5.88 Å². The topological polar surface area (TPSA) is 66.0 Å². The number of hydrogen-bond donors (Lipinski definition) is 0. The zero-order valence-electron chi connectivity index (χ0n) is 11.9. The lowest BCUT2D eigenvalue weighted by molar-refractivity contribution is -0.159. The monoisotopic (exact) mass is 324 g/mol. The lowest BCUT2D eigenvalue weighted by Crippen LogP contribution is -2.04. The molecule has 2 aromatic heterocycles. The quantitative estimate of drug-likeness (QED) is 0.738. The summed E-state index contributed by atoms with van der Waals surface area (Å²) >= 11 is 0. The van der Waals surface area contributed by atoms with E-state index in [2.05, 4.69) is 19.8 Å². The van der Waals surface area contributed by atoms with Crippen molar-refractivity contribution in [1.29, 1.82) is 0 Å². The largest absolute Gasteiger partial charge is 0.472 e. The number of ether oxygens (including phenoxy) is 1. The van der Waals surface area contributed by atoms with Gasteiger partial charge in [0.05, 0.1) is 0 Å². The molecule has 120 valence electrons. The second-order valence-electron chi connectivity index (χ2n) is 4.73. The van der Waals surface area contributed by atoms with Crippen LogP contribution in [0.3, 0.4) is 0 Å². The van der Waals surface area contributed by atoms with Crippen LogP contribution in [0.25, 0.3) is 11.4 Å². The third-order valence-electron chi connectivity index (χ3n) is 2.96. The Morgan fingerprint density at radius 1 is 1.17 bits per heavy atom. The van der Waals surface area contributed by atoms with E-state index in [1.165, 1.54) is 0 Å². The van der Waals surface area contributed by atoms with Crippen LogP contribution >= 0.6 is 0 Å². The SMILES string of the molecule is Cn1ccc(OCc2ccc(-c3noc(C(F)(F)F)n3)cc2)n1. The fourth-order valence-electron chi connectivity index (χ4n) is 1.83. The molecule has 0 bridgehead atoms. The summed E-state index contributed by atoms with van der Waals surface area (Å²) in [5.41, 5.74) is 1.25. The number of rotatable bonds is 4. The molecule has 6 nitrogen and oxygen atoms in total. The van der Waals surface area contributed by atoms with E-state index >= 15 is 0 Å². The normalized spacial score (nSPS) is 11.7. The average Bonchev–Trinajstić information content (AvgIpc) is 3.14. The Hall–Kier alpha value is -2.84. The second-order valence-corrected chi connectivity index (χ2v) is 4.73. The second kappa shape index (κ2) is 5.75. The maximum absolute atomic E-state index is 12.4. The molecule has 0 amide bonds. The van der Waals surface area contributed by atoms with Crippen molar-refractivity contribution >= 4 is 0 Å². The Morgan fingerprint density at radius 2 is 1.91 bits per heavy atom. The molecule has 3 rings (SSSR count). The molecule has 23 heavy (non-hydrogen) atoms. The van der Waals surface area contributed by atoms with Crippen molar-refractivity contribution in [2.24, 2.45) is 7.05 Å². The van der Waals surface area contributed by atoms with Gasteiger partial charge in [-0.1, -0.05) is 29.4 Å². The van der Waals surface area contributed by atoms with E-state index in [-0.39, 0.29) is 12.4 Å². The highest BCUT2D eigenvalue weighted by molar-refractivity contribution is 5.54. The first-order chi connectivity index (χ1) is 10.9. The van der Waals surface area contributed by atoms with Crippen molar-refractivity contribution in [3.05, 3.63) is 48.0 Å². The predicted molar refractivity (Wildman–Crippen MR) is 72.3 cm³/mol. The van der Waals surface area contributed by atoms with E-state index in [0.29, 0.717) is 11.4 Å². The molecule has 0 saturated carbocycles. The number of alkyl halides is 3. The Balaban J connectivity index is 1.68. The predicted octanol–water partition coefficient (Wildman–Crippen LogP) is 3.07. The zero-order valence-corrected chi connectivity index (χ0v) is 11.9. The summed E-state index contributed by atoms with van der Waals surface area (Å²) in [7, 11) is 1.78. The first kappa shape index (κ1) is 15.1. The number of hydrogen-bond acceptors (Lipinski definition) is 5. The van der Waals surface area contributed by atoms with Gasteiger partial charge in [0, 0.05) is 24.9 Å². The fourth-order valence-corrected chi connectivity index (χ4v) is 1.83. The minimum atomic E-state index is -4.65. The van der Waals surface area contributed by atoms with Crippen LogP contribution in [-0.4, -0.2) is 19.9 Å². The maximum atomic E-state index is 12.4. The lowest BCUT2D eigenvalue weighted by Gasteiger charge is -2.03. The zero-order chi connectivity index (χ0) is 16.4. The third-order valence-corrected chi connectivity index (χ3v) is 2.96. The Morgan fingerprint density at radius 3 is 2.48 bits per heavy atom. The van der Waals surface area contributed by atoms with Crippen LogP contribution < -0.4 is 4.74 Å². The summed E-state index contributed by atoms with van der Waals surface area (Å²) in [6, 6.07) is 8.35. The molecular weight excluding hydrogens is 313 g/mol. The molecule has 0 aliphatic rings. The Labute approximate surface area is 128 Å². The van der Waals surface area contributed by atoms with Gasteiger partial charge < -0.3 is 9.26 Å². The summed E-state index contributed by atoms with van der Waals surface area (Å²) in [5.74, 6) is -0.992. The van der Waals surface area contributed by atoms with Gasteiger partial charge >= 0.3 is 12.1 Å². The molecule has 0 spiro atoms. The van der Waals surface area contributed by atoms with E-state index in [0.717, 1.165) is 5.56 Å². The van der Waals surface area contributed by atoms with Gasteiger partial charge in [-0.25, -0.2) is 0 Å². The number of aromatic nitrogens is 4. The van der Waals surface area contributed by atoms with Crippen molar-refractivity contribution in [2.45, 2.75) is 12.8 Å². The first-order valence-corrected chi connectivity index (χ1v) is 6.54. The minimum absolute atomic E-state index is 0.116. The van der Waals surface area contributed by atoms with E-state index in [1.54, 1.807) is 48.3 Å². The van der Waals surface area contributed by atoms with Crippen LogP contribution in [0.1, 0.15) is 11.5 Å². The molecular formula is C14H11F3N4O2. The number of nitrogens with zero attached hydrogens (tertiary/aromatic N) is 4. The number of aryl methyl sites for hydroxylation is 1. The van der Waals surface area contributed by atoms with Crippen LogP contribution in [0.4, 0.5) is 13.2 Å². The molecule has 9 heteroatoms. The van der Waals surface area contributed by atoms with Gasteiger partial charge in [-0.2, -0.15) is 18.2 Å². The highest BCUT2D eigenvalue weighted by Gasteiger charge is 2.38. The molecule has 1 aromatic carbocycles. The average molecular weight is 324 g/mol. The minimum Gasteiger partial charge on any atom is -0.472 e. The molecule has 0 N–H and O–H groups in total. The summed E-state index contributed by atoms with van der Waals surface area (Å²) in [5, 5.41) is 7.40. The summed E-state index contributed by atoms with van der Waals surface area (Å²) in [6.07, 6.45) is -2.89. The molecule has 0 aliphatic carbocycles. The number of halogens is 3. The van der Waals surface area contributed by atoms with Crippen molar-refractivity contribution in [3.63, 3.8) is 0 Å². The van der Waals surface area contributed by atoms with E-state index in [9.17, 15) is 13.2 Å². The van der Waals surface area contributed by atoms with Gasteiger partial charge in [0.1, 0.15) is 6.61 Å². The van der Waals surface area contributed by atoms with Gasteiger partial charge in [-0.05, 0) is 5.56 Å². The van der Waals surface area contributed by atoms with Crippen molar-refractivity contribution in [3.8, 4) is 17.3 Å². The lowest BCUT2D eigenvalue weighted by atomic mass is 10.1. The van der Waals surface area contributed by atoms with Gasteiger partial charge in [0.2, 0.25) is 11.7 Å². The summed E-state index contributed by atoms with van der Waals surface area (Å²) < 4.78 is 48.6. The Kier molecular flexibility index (Phi) is 3.77. The molecule has 2 heterocycles. The van der Waals surface area contributed by atoms with Crippen LogP contribution in [0, 0.1) is 0 Å². The highest BCUT2D eigenvalue weighted by atomic mass is 19.4. The fraction of sp³-hybridized carbons (Fsp3) is 0.214. The van der Waals surface area contributed by atoms with E-state index in [4.69, 9.17) is 4.74 Å². The molecule has 0 radical (unpaired) electrons. The van der Waals surface area contributed by atoms with E-state index < -0.39 is 12.1 Å². The highest BCUT2D eigenvalue weighted by Crippen LogP contribution is 2.29. The number of benzene rings is 1. The standard InChI is InChI=1S/C14H11F3N4O2/c1-21-7-6-11(19-21)22-8-9-2-4-10(5-3-9)12-18-13(23-20-12)14(15,16)17/h2-7H,8H2,1H3. The molecule has 3 aromatic rings. The molecule has 0 atom stereocenters. The summed E-state index contributed by atoms with van der Waals surface area (Å²) in [4.78, 5) is 3.33. The van der Waals surface area contributed by atoms with E-state index in [1.807, 2.05) is 0 Å². The van der Waals surface area contributed by atoms with Crippen molar-refractivity contribution in [1.82, 2.24) is 19.9 Å². The summed E-state index contributed by atoms with van der Waals surface area (Å²) in [6.45, 7) is 0.289. The van der Waals surface area contributed by atoms with Gasteiger partial charge in [-0.3, -0.25) is 4.68 Å². The maximum Gasteiger partial charge on any atom is 0.471 e. The molecule has 0 saturated heterocycles. The van der Waals surface area contributed by atoms with Crippen LogP contribution in [0.2, 0.25) is 0 Å². The third kappa shape index (κ3) is 3.50. The van der Waals surface area contributed by atoms with Gasteiger partial charge in [0.25, 0.3) is 0 Å². The first-order valence-electron chi connectivity index (χ1n) is 6.54. The van der Waals surface area contributed by atoms with Crippen LogP contribution in [-0.2, 0) is 19.8 Å². The Bertz CT molecular complexity index is 793. The molecule has 0 fully saturated rings. The van der Waals surface area contributed by atoms with Crippen LogP contribution in [0.15, 0.2) is 41.1 Å². The van der Waals surface area contributed by atoms with Crippen molar-refractivity contribution in [2.75, 3.05) is 0 Å².